The number of carbonyl (C=O) groups is 1. The Balaban J connectivity index is 1.91. The Kier molecular flexibility index (Phi) is 4.21. The summed E-state index contributed by atoms with van der Waals surface area (Å²) in [6.45, 7) is 0.832. The molecule has 2 N–H and O–H groups in total. The molecule has 1 aliphatic rings. The highest BCUT2D eigenvalue weighted by Gasteiger charge is 2.24. The van der Waals surface area contributed by atoms with Gasteiger partial charge in [-0.25, -0.2) is 13.2 Å². The number of carboxylic acids is 1. The van der Waals surface area contributed by atoms with Crippen molar-refractivity contribution in [1.29, 1.82) is 0 Å². The first kappa shape index (κ1) is 16.1. The van der Waals surface area contributed by atoms with Crippen LogP contribution >= 0.6 is 27.3 Å². The topological polar surface area (TPSA) is 102 Å². The summed E-state index contributed by atoms with van der Waals surface area (Å²) in [7, 11) is -3.93. The van der Waals surface area contributed by atoms with Gasteiger partial charge in [0.15, 0.2) is 11.5 Å². The maximum atomic E-state index is 12.4. The first-order valence-electron chi connectivity index (χ1n) is 6.32. The van der Waals surface area contributed by atoms with Crippen molar-refractivity contribution in [3.63, 3.8) is 0 Å². The van der Waals surface area contributed by atoms with E-state index in [1.54, 1.807) is 12.1 Å². The van der Waals surface area contributed by atoms with Crippen molar-refractivity contribution in [3.05, 3.63) is 32.9 Å². The van der Waals surface area contributed by atoms with Crippen molar-refractivity contribution < 1.29 is 27.8 Å². The van der Waals surface area contributed by atoms with Gasteiger partial charge in [0.2, 0.25) is 0 Å². The second-order valence-electron chi connectivity index (χ2n) is 4.52. The Labute approximate surface area is 144 Å². The summed E-state index contributed by atoms with van der Waals surface area (Å²) in [5, 5.41) is 8.95. The molecule has 10 heteroatoms. The molecule has 23 heavy (non-hydrogen) atoms. The fourth-order valence-electron chi connectivity index (χ4n) is 1.96. The highest BCUT2D eigenvalue weighted by Crippen LogP contribution is 2.35. The van der Waals surface area contributed by atoms with Gasteiger partial charge < -0.3 is 14.6 Å². The van der Waals surface area contributed by atoms with Crippen LogP contribution in [-0.4, -0.2) is 32.7 Å². The third kappa shape index (κ3) is 3.28. The van der Waals surface area contributed by atoms with Crippen LogP contribution in [0.2, 0.25) is 0 Å². The van der Waals surface area contributed by atoms with Crippen LogP contribution in [0.25, 0.3) is 0 Å². The zero-order valence-corrected chi connectivity index (χ0v) is 14.6. The van der Waals surface area contributed by atoms with E-state index in [9.17, 15) is 13.2 Å². The third-order valence-electron chi connectivity index (χ3n) is 2.95. The SMILES string of the molecule is O=C(O)c1cc(S(=O)(=O)Nc2ccc3c(c2)OCCO3)c(Br)s1. The number of aromatic carboxylic acids is 1. The number of hydrogen-bond donors (Lipinski definition) is 2. The molecule has 0 bridgehead atoms. The van der Waals surface area contributed by atoms with E-state index in [1.807, 2.05) is 0 Å². The number of nitrogens with one attached hydrogen (secondary N) is 1. The Hall–Kier alpha value is -1.78. The molecular weight excluding hydrogens is 410 g/mol. The number of sulfonamides is 1. The minimum Gasteiger partial charge on any atom is -0.486 e. The van der Waals surface area contributed by atoms with Gasteiger partial charge in [-0.15, -0.1) is 11.3 Å². The number of anilines is 1. The normalized spacial score (nSPS) is 13.6. The Morgan fingerprint density at radius 3 is 2.57 bits per heavy atom. The van der Waals surface area contributed by atoms with Crippen LogP contribution in [0.15, 0.2) is 32.9 Å². The summed E-state index contributed by atoms with van der Waals surface area (Å²) in [5.41, 5.74) is 0.296. The largest absolute Gasteiger partial charge is 0.486 e. The number of fused-ring (bicyclic) bond motifs is 1. The van der Waals surface area contributed by atoms with Crippen molar-refractivity contribution in [1.82, 2.24) is 0 Å². The second-order valence-corrected chi connectivity index (χ2v) is 8.54. The number of halogens is 1. The van der Waals surface area contributed by atoms with E-state index in [1.165, 1.54) is 6.07 Å². The van der Waals surface area contributed by atoms with E-state index < -0.39 is 16.0 Å². The number of thiophene rings is 1. The number of hydrogen-bond acceptors (Lipinski definition) is 6. The summed E-state index contributed by atoms with van der Waals surface area (Å²) in [6, 6.07) is 5.78. The van der Waals surface area contributed by atoms with Gasteiger partial charge in [0.05, 0.1) is 9.47 Å². The minimum atomic E-state index is -3.93. The maximum absolute atomic E-state index is 12.4. The summed E-state index contributed by atoms with van der Waals surface area (Å²) < 4.78 is 38.2. The molecule has 1 aromatic heterocycles. The molecule has 0 saturated carbocycles. The number of rotatable bonds is 4. The van der Waals surface area contributed by atoms with Crippen molar-refractivity contribution in [2.75, 3.05) is 17.9 Å². The lowest BCUT2D eigenvalue weighted by atomic mass is 10.3. The fourth-order valence-corrected chi connectivity index (χ4v) is 5.41. The van der Waals surface area contributed by atoms with Crippen LogP contribution in [0.4, 0.5) is 5.69 Å². The molecule has 0 radical (unpaired) electrons. The molecular formula is C13H10BrNO6S2. The standard InChI is InChI=1S/C13H10BrNO6S2/c14-12-11(6-10(22-12)13(16)17)23(18,19)15-7-1-2-8-9(5-7)21-4-3-20-8/h1-2,5-6,15H,3-4H2,(H,16,17). The van der Waals surface area contributed by atoms with E-state index in [4.69, 9.17) is 14.6 Å². The minimum absolute atomic E-state index is 0.0700. The van der Waals surface area contributed by atoms with Crippen LogP contribution in [0, 0.1) is 0 Å². The zero-order valence-electron chi connectivity index (χ0n) is 11.4. The van der Waals surface area contributed by atoms with Gasteiger partial charge in [0.25, 0.3) is 10.0 Å². The van der Waals surface area contributed by atoms with E-state index in [0.717, 1.165) is 17.4 Å². The highest BCUT2D eigenvalue weighted by atomic mass is 79.9. The van der Waals surface area contributed by atoms with Crippen LogP contribution in [0.3, 0.4) is 0 Å². The predicted molar refractivity (Wildman–Crippen MR) is 87.2 cm³/mol. The lowest BCUT2D eigenvalue weighted by Crippen LogP contribution is -2.16. The van der Waals surface area contributed by atoms with Gasteiger partial charge in [-0.3, -0.25) is 4.72 Å². The molecule has 122 valence electrons. The van der Waals surface area contributed by atoms with E-state index >= 15 is 0 Å². The first-order valence-corrected chi connectivity index (χ1v) is 9.41. The van der Waals surface area contributed by atoms with E-state index in [0.29, 0.717) is 30.4 Å². The summed E-state index contributed by atoms with van der Waals surface area (Å²) in [5.74, 6) is -0.187. The van der Waals surface area contributed by atoms with Gasteiger partial charge in [-0.2, -0.15) is 0 Å². The maximum Gasteiger partial charge on any atom is 0.345 e. The molecule has 0 saturated heterocycles. The van der Waals surface area contributed by atoms with Crippen LogP contribution < -0.4 is 14.2 Å². The molecule has 1 aliphatic heterocycles. The van der Waals surface area contributed by atoms with Gasteiger partial charge in [-0.05, 0) is 34.1 Å². The average molecular weight is 420 g/mol. The molecule has 1 aromatic carbocycles. The van der Waals surface area contributed by atoms with Gasteiger partial charge in [0.1, 0.15) is 23.0 Å². The smallest absolute Gasteiger partial charge is 0.345 e. The monoisotopic (exact) mass is 419 g/mol. The van der Waals surface area contributed by atoms with Gasteiger partial charge in [-0.1, -0.05) is 0 Å². The molecule has 0 amide bonds. The van der Waals surface area contributed by atoms with Crippen molar-refractivity contribution in [2.24, 2.45) is 0 Å². The van der Waals surface area contributed by atoms with Crippen molar-refractivity contribution >= 4 is 48.9 Å². The Morgan fingerprint density at radius 1 is 1.22 bits per heavy atom. The summed E-state index contributed by atoms with van der Waals surface area (Å²) >= 11 is 3.92. The molecule has 7 nitrogen and oxygen atoms in total. The van der Waals surface area contributed by atoms with E-state index in [2.05, 4.69) is 20.7 Å². The Morgan fingerprint density at radius 2 is 1.91 bits per heavy atom. The summed E-state index contributed by atoms with van der Waals surface area (Å²) in [6.07, 6.45) is 0. The molecule has 0 aliphatic carbocycles. The molecule has 0 unspecified atom stereocenters. The molecule has 0 atom stereocenters. The second kappa shape index (κ2) is 6.02. The van der Waals surface area contributed by atoms with Crippen LogP contribution in [0.5, 0.6) is 11.5 Å². The fraction of sp³-hybridized carbons (Fsp3) is 0.154. The molecule has 2 heterocycles. The number of ether oxygens (including phenoxy) is 2. The number of carboxylic acid groups (broad SMARTS) is 1. The highest BCUT2D eigenvalue weighted by molar-refractivity contribution is 9.11. The average Bonchev–Trinajstić information content (AvgIpc) is 2.90. The van der Waals surface area contributed by atoms with Gasteiger partial charge >= 0.3 is 5.97 Å². The lowest BCUT2D eigenvalue weighted by molar-refractivity contribution is 0.0702. The third-order valence-corrected chi connectivity index (χ3v) is 6.57. The molecule has 3 rings (SSSR count). The van der Waals surface area contributed by atoms with Crippen LogP contribution in [-0.2, 0) is 10.0 Å². The Bertz CT molecular complexity index is 877. The lowest BCUT2D eigenvalue weighted by Gasteiger charge is -2.19. The summed E-state index contributed by atoms with van der Waals surface area (Å²) in [4.78, 5) is 10.8. The van der Waals surface area contributed by atoms with Crippen molar-refractivity contribution in [3.8, 4) is 11.5 Å². The molecule has 0 spiro atoms. The molecule has 2 aromatic rings. The van der Waals surface area contributed by atoms with Crippen LogP contribution in [0.1, 0.15) is 9.67 Å². The predicted octanol–water partition coefficient (Wildman–Crippen LogP) is 2.78. The quantitative estimate of drug-likeness (QED) is 0.789. The number of benzene rings is 1. The zero-order chi connectivity index (χ0) is 16.6. The van der Waals surface area contributed by atoms with Gasteiger partial charge in [0, 0.05) is 6.07 Å². The molecule has 0 fully saturated rings. The van der Waals surface area contributed by atoms with Crippen molar-refractivity contribution in [2.45, 2.75) is 4.90 Å². The first-order chi connectivity index (χ1) is 10.9. The van der Waals surface area contributed by atoms with E-state index in [-0.39, 0.29) is 13.6 Å².